The van der Waals surface area contributed by atoms with Crippen LogP contribution in [0.3, 0.4) is 0 Å². The summed E-state index contributed by atoms with van der Waals surface area (Å²) in [6.45, 7) is 5.47. The van der Waals surface area contributed by atoms with Gasteiger partial charge in [-0.05, 0) is 47.7 Å². The number of nitrogens with zero attached hydrogens (tertiary/aromatic N) is 1. The maximum Gasteiger partial charge on any atom is 0.243 e. The predicted molar refractivity (Wildman–Crippen MR) is 148 cm³/mol. The van der Waals surface area contributed by atoms with E-state index >= 15 is 0 Å². The number of hydrogen-bond acceptors (Lipinski definition) is 3. The minimum absolute atomic E-state index is 0.0627. The monoisotopic (exact) mass is 550 g/mol. The zero-order chi connectivity index (χ0) is 25.8. The lowest BCUT2D eigenvalue weighted by Crippen LogP contribution is -2.51. The van der Waals surface area contributed by atoms with Gasteiger partial charge in [0.2, 0.25) is 11.8 Å². The van der Waals surface area contributed by atoms with E-state index in [4.69, 9.17) is 4.74 Å². The second-order valence-electron chi connectivity index (χ2n) is 9.26. The number of halogens is 1. The summed E-state index contributed by atoms with van der Waals surface area (Å²) in [7, 11) is 0. The molecule has 0 bridgehead atoms. The molecule has 1 N–H and O–H groups in total. The number of amides is 2. The Balaban J connectivity index is 1.79. The van der Waals surface area contributed by atoms with Crippen molar-refractivity contribution in [2.75, 3.05) is 13.2 Å². The van der Waals surface area contributed by atoms with Crippen LogP contribution in [0.2, 0.25) is 0 Å². The smallest absolute Gasteiger partial charge is 0.243 e. The zero-order valence-electron chi connectivity index (χ0n) is 21.0. The van der Waals surface area contributed by atoms with Crippen LogP contribution in [-0.2, 0) is 22.6 Å². The van der Waals surface area contributed by atoms with Crippen LogP contribution in [0.1, 0.15) is 37.8 Å². The predicted octanol–water partition coefficient (Wildman–Crippen LogP) is 6.02. The van der Waals surface area contributed by atoms with Gasteiger partial charge in [-0.25, -0.2) is 0 Å². The van der Waals surface area contributed by atoms with Gasteiger partial charge >= 0.3 is 0 Å². The van der Waals surface area contributed by atoms with Gasteiger partial charge in [0.05, 0.1) is 6.61 Å². The summed E-state index contributed by atoms with van der Waals surface area (Å²) in [5.74, 6) is 0.908. The Morgan fingerprint density at radius 2 is 1.58 bits per heavy atom. The SMILES string of the molecule is CC(C)CNC(=O)C(Cc1ccccc1)N(Cc1cccc(Br)c1)C(=O)CCCOc1ccccc1. The highest BCUT2D eigenvalue weighted by molar-refractivity contribution is 9.10. The van der Waals surface area contributed by atoms with E-state index in [-0.39, 0.29) is 11.8 Å². The third-order valence-electron chi connectivity index (χ3n) is 5.74. The fraction of sp³-hybridized carbons (Fsp3) is 0.333. The van der Waals surface area contributed by atoms with Gasteiger partial charge in [-0.3, -0.25) is 9.59 Å². The summed E-state index contributed by atoms with van der Waals surface area (Å²) in [5.41, 5.74) is 1.98. The summed E-state index contributed by atoms with van der Waals surface area (Å²) in [6, 6.07) is 26.7. The van der Waals surface area contributed by atoms with Crippen molar-refractivity contribution in [1.82, 2.24) is 10.2 Å². The molecule has 6 heteroatoms. The minimum Gasteiger partial charge on any atom is -0.494 e. The van der Waals surface area contributed by atoms with Crippen LogP contribution >= 0.6 is 15.9 Å². The minimum atomic E-state index is -0.618. The number of hydrogen-bond donors (Lipinski definition) is 1. The van der Waals surface area contributed by atoms with Crippen LogP contribution in [-0.4, -0.2) is 35.9 Å². The van der Waals surface area contributed by atoms with E-state index in [1.807, 2.05) is 84.9 Å². The van der Waals surface area contributed by atoms with Crippen LogP contribution in [0.4, 0.5) is 0 Å². The quantitative estimate of drug-likeness (QED) is 0.265. The van der Waals surface area contributed by atoms with Crippen LogP contribution in [0, 0.1) is 5.92 Å². The second kappa shape index (κ2) is 14.4. The van der Waals surface area contributed by atoms with E-state index in [1.165, 1.54) is 0 Å². The number of ether oxygens (including phenoxy) is 1. The summed E-state index contributed by atoms with van der Waals surface area (Å²) in [6.07, 6.45) is 1.31. The molecule has 3 rings (SSSR count). The maximum atomic E-state index is 13.6. The third-order valence-corrected chi connectivity index (χ3v) is 6.24. The lowest BCUT2D eigenvalue weighted by Gasteiger charge is -2.32. The number of rotatable bonds is 13. The van der Waals surface area contributed by atoms with Crippen LogP contribution < -0.4 is 10.1 Å². The van der Waals surface area contributed by atoms with Crippen molar-refractivity contribution in [1.29, 1.82) is 0 Å². The van der Waals surface area contributed by atoms with Crippen molar-refractivity contribution in [3.63, 3.8) is 0 Å². The number of nitrogens with one attached hydrogen (secondary N) is 1. The summed E-state index contributed by atoms with van der Waals surface area (Å²) >= 11 is 3.52. The topological polar surface area (TPSA) is 58.6 Å². The van der Waals surface area contributed by atoms with Crippen LogP contribution in [0.5, 0.6) is 5.75 Å². The van der Waals surface area contributed by atoms with Gasteiger partial charge in [0.25, 0.3) is 0 Å². The molecule has 0 aliphatic carbocycles. The highest BCUT2D eigenvalue weighted by Gasteiger charge is 2.30. The van der Waals surface area contributed by atoms with Gasteiger partial charge in [0.15, 0.2) is 0 Å². The maximum absolute atomic E-state index is 13.6. The first-order valence-corrected chi connectivity index (χ1v) is 13.2. The molecule has 36 heavy (non-hydrogen) atoms. The molecular weight excluding hydrogens is 516 g/mol. The van der Waals surface area contributed by atoms with Gasteiger partial charge in [0, 0.05) is 30.4 Å². The average Bonchev–Trinajstić information content (AvgIpc) is 2.88. The first-order valence-electron chi connectivity index (χ1n) is 12.5. The highest BCUT2D eigenvalue weighted by atomic mass is 79.9. The first-order chi connectivity index (χ1) is 17.4. The lowest BCUT2D eigenvalue weighted by molar-refractivity contribution is -0.141. The molecule has 0 saturated heterocycles. The largest absolute Gasteiger partial charge is 0.494 e. The molecular formula is C30H35BrN2O3. The molecule has 190 valence electrons. The number of benzene rings is 3. The Kier molecular flexibility index (Phi) is 11.0. The Morgan fingerprint density at radius 1 is 0.917 bits per heavy atom. The van der Waals surface area contributed by atoms with Gasteiger partial charge in [-0.1, -0.05) is 90.4 Å². The molecule has 5 nitrogen and oxygen atoms in total. The molecule has 3 aromatic rings. The standard InChI is InChI=1S/C30H35BrN2O3/c1-23(2)21-32-30(35)28(20-24-11-5-3-6-12-24)33(22-25-13-9-14-26(31)19-25)29(34)17-10-18-36-27-15-7-4-8-16-27/h3-9,11-16,19,23,28H,10,17-18,20-22H2,1-2H3,(H,32,35). The van der Waals surface area contributed by atoms with E-state index in [9.17, 15) is 9.59 Å². The zero-order valence-corrected chi connectivity index (χ0v) is 22.6. The molecule has 1 atom stereocenters. The molecule has 1 unspecified atom stereocenters. The average molecular weight is 552 g/mol. The van der Waals surface area contributed by atoms with Crippen molar-refractivity contribution in [3.8, 4) is 5.75 Å². The molecule has 0 saturated carbocycles. The van der Waals surface area contributed by atoms with E-state index in [0.29, 0.717) is 44.9 Å². The Labute approximate surface area is 223 Å². The summed E-state index contributed by atoms with van der Waals surface area (Å²) in [5, 5.41) is 3.06. The fourth-order valence-electron chi connectivity index (χ4n) is 3.88. The number of carbonyl (C=O) groups is 2. The molecule has 0 aliphatic rings. The van der Waals surface area contributed by atoms with Gasteiger partial charge in [-0.15, -0.1) is 0 Å². The van der Waals surface area contributed by atoms with Crippen molar-refractivity contribution >= 4 is 27.7 Å². The van der Waals surface area contributed by atoms with Crippen molar-refractivity contribution in [3.05, 3.63) is 101 Å². The molecule has 0 aliphatic heterocycles. The van der Waals surface area contributed by atoms with Crippen molar-refractivity contribution in [2.45, 2.75) is 45.7 Å². The second-order valence-corrected chi connectivity index (χ2v) is 10.2. The molecule has 0 fully saturated rings. The van der Waals surface area contributed by atoms with Gasteiger partial charge in [0.1, 0.15) is 11.8 Å². The van der Waals surface area contributed by atoms with E-state index < -0.39 is 6.04 Å². The summed E-state index contributed by atoms with van der Waals surface area (Å²) in [4.78, 5) is 28.8. The molecule has 3 aromatic carbocycles. The summed E-state index contributed by atoms with van der Waals surface area (Å²) < 4.78 is 6.72. The fourth-order valence-corrected chi connectivity index (χ4v) is 4.33. The molecule has 0 spiro atoms. The van der Waals surface area contributed by atoms with E-state index in [0.717, 1.165) is 21.3 Å². The van der Waals surface area contributed by atoms with Crippen LogP contribution in [0.15, 0.2) is 89.4 Å². The Hall–Kier alpha value is -3.12. The molecule has 0 aromatic heterocycles. The van der Waals surface area contributed by atoms with Gasteiger partial charge < -0.3 is 15.0 Å². The molecule has 2 amide bonds. The Morgan fingerprint density at radius 3 is 2.25 bits per heavy atom. The molecule has 0 heterocycles. The normalized spacial score (nSPS) is 11.7. The van der Waals surface area contributed by atoms with Crippen LogP contribution in [0.25, 0.3) is 0 Å². The third kappa shape index (κ3) is 9.15. The highest BCUT2D eigenvalue weighted by Crippen LogP contribution is 2.19. The van der Waals surface area contributed by atoms with Gasteiger partial charge in [-0.2, -0.15) is 0 Å². The lowest BCUT2D eigenvalue weighted by atomic mass is 10.0. The number of carbonyl (C=O) groups excluding carboxylic acids is 2. The Bertz CT molecular complexity index is 1090. The van der Waals surface area contributed by atoms with E-state index in [1.54, 1.807) is 4.90 Å². The number of para-hydroxylation sites is 1. The van der Waals surface area contributed by atoms with Crippen molar-refractivity contribution in [2.24, 2.45) is 5.92 Å². The van der Waals surface area contributed by atoms with E-state index in [2.05, 4.69) is 35.1 Å². The molecule has 0 radical (unpaired) electrons. The first kappa shape index (κ1) is 27.5. The van der Waals surface area contributed by atoms with Crippen molar-refractivity contribution < 1.29 is 14.3 Å².